The maximum Gasteiger partial charge on any atom is 0.272 e. The monoisotopic (exact) mass is 373 g/mol. The summed E-state index contributed by atoms with van der Waals surface area (Å²) in [5.74, 6) is -0.411. The Labute approximate surface area is 151 Å². The van der Waals surface area contributed by atoms with Gasteiger partial charge in [-0.05, 0) is 42.0 Å². The molecule has 3 rings (SSSR count). The van der Waals surface area contributed by atoms with Gasteiger partial charge in [0.1, 0.15) is 0 Å². The maximum atomic E-state index is 12.1. The summed E-state index contributed by atoms with van der Waals surface area (Å²) in [6.45, 7) is 0. The molecule has 126 valence electrons. The lowest BCUT2D eigenvalue weighted by atomic mass is 10.2. The van der Waals surface area contributed by atoms with E-state index < -0.39 is 10.8 Å². The molecule has 1 amide bonds. The molecule has 2 aromatic carbocycles. The average Bonchev–Trinajstić information content (AvgIpc) is 2.88. The quantitative estimate of drug-likeness (QED) is 0.396. The fourth-order valence-corrected chi connectivity index (χ4v) is 3.52. The minimum Gasteiger partial charge on any atom is -0.319 e. The summed E-state index contributed by atoms with van der Waals surface area (Å²) in [6, 6.07) is 11.4. The minimum absolute atomic E-state index is 0.00382. The maximum absolute atomic E-state index is 12.1. The second-order valence-electron chi connectivity index (χ2n) is 5.19. The number of thiazole rings is 1. The zero-order chi connectivity index (χ0) is 18.0. The van der Waals surface area contributed by atoms with Gasteiger partial charge in [-0.15, -0.1) is 0 Å². The van der Waals surface area contributed by atoms with Gasteiger partial charge in [-0.2, -0.15) is 4.99 Å². The zero-order valence-corrected chi connectivity index (χ0v) is 14.6. The van der Waals surface area contributed by atoms with Crippen LogP contribution in [-0.2, 0) is 11.8 Å². The van der Waals surface area contributed by atoms with Gasteiger partial charge in [0.05, 0.1) is 15.1 Å². The topological polar surface area (TPSA) is 77.5 Å². The van der Waals surface area contributed by atoms with Gasteiger partial charge < -0.3 is 4.57 Å². The Morgan fingerprint density at radius 2 is 2.00 bits per heavy atom. The van der Waals surface area contributed by atoms with Crippen LogP contribution < -0.4 is 4.80 Å². The Hall–Kier alpha value is -2.77. The van der Waals surface area contributed by atoms with E-state index in [0.29, 0.717) is 15.4 Å². The highest BCUT2D eigenvalue weighted by Gasteiger charge is 2.05. The van der Waals surface area contributed by atoms with E-state index in [1.54, 1.807) is 24.3 Å². The number of halogens is 1. The van der Waals surface area contributed by atoms with Crippen LogP contribution in [0, 0.1) is 10.1 Å². The molecule has 0 aliphatic carbocycles. The third-order valence-electron chi connectivity index (χ3n) is 3.50. The third kappa shape index (κ3) is 3.84. The molecule has 0 unspecified atom stereocenters. The van der Waals surface area contributed by atoms with E-state index in [1.165, 1.54) is 29.5 Å². The number of nitro groups is 1. The molecule has 0 atom stereocenters. The summed E-state index contributed by atoms with van der Waals surface area (Å²) in [5.41, 5.74) is 1.63. The SMILES string of the molecule is Cn1c(=NC(=O)C=Cc2ccc([N+](=O)[O-])cc2)sc2cc(Cl)ccc21. The van der Waals surface area contributed by atoms with E-state index in [2.05, 4.69) is 4.99 Å². The number of nitrogens with zero attached hydrogens (tertiary/aromatic N) is 3. The van der Waals surface area contributed by atoms with E-state index in [1.807, 2.05) is 23.7 Å². The number of nitro benzene ring substituents is 1. The fourth-order valence-electron chi connectivity index (χ4n) is 2.22. The number of carbonyl (C=O) groups excluding carboxylic acids is 1. The van der Waals surface area contributed by atoms with Crippen molar-refractivity contribution >= 4 is 50.8 Å². The summed E-state index contributed by atoms with van der Waals surface area (Å²) in [4.78, 5) is 26.9. The summed E-state index contributed by atoms with van der Waals surface area (Å²) in [5, 5.41) is 11.2. The summed E-state index contributed by atoms with van der Waals surface area (Å²) in [6.07, 6.45) is 2.90. The number of rotatable bonds is 3. The summed E-state index contributed by atoms with van der Waals surface area (Å²) in [7, 11) is 1.83. The van der Waals surface area contributed by atoms with Crippen LogP contribution in [0.1, 0.15) is 5.56 Å². The number of fused-ring (bicyclic) bond motifs is 1. The highest BCUT2D eigenvalue weighted by Crippen LogP contribution is 2.21. The lowest BCUT2D eigenvalue weighted by Crippen LogP contribution is -2.12. The largest absolute Gasteiger partial charge is 0.319 e. The molecular weight excluding hydrogens is 362 g/mol. The van der Waals surface area contributed by atoms with E-state index in [-0.39, 0.29) is 5.69 Å². The van der Waals surface area contributed by atoms with Crippen LogP contribution in [-0.4, -0.2) is 15.4 Å². The first-order chi connectivity index (χ1) is 11.9. The van der Waals surface area contributed by atoms with Crippen LogP contribution in [0.2, 0.25) is 5.02 Å². The van der Waals surface area contributed by atoms with Gasteiger partial charge in [0.2, 0.25) is 0 Å². The van der Waals surface area contributed by atoms with Crippen molar-refractivity contribution in [1.82, 2.24) is 4.57 Å². The number of aryl methyl sites for hydroxylation is 1. The normalized spacial score (nSPS) is 12.2. The molecule has 0 saturated heterocycles. The number of benzene rings is 2. The van der Waals surface area contributed by atoms with Crippen LogP contribution in [0.5, 0.6) is 0 Å². The molecule has 0 aliphatic rings. The Bertz CT molecular complexity index is 1060. The molecule has 3 aromatic rings. The zero-order valence-electron chi connectivity index (χ0n) is 13.0. The first kappa shape index (κ1) is 17.1. The van der Waals surface area contributed by atoms with Gasteiger partial charge in [-0.1, -0.05) is 22.9 Å². The molecule has 0 aliphatic heterocycles. The van der Waals surface area contributed by atoms with Crippen molar-refractivity contribution in [3.05, 3.63) is 74.0 Å². The number of aromatic nitrogens is 1. The predicted octanol–water partition coefficient (Wildman–Crippen LogP) is 3.94. The van der Waals surface area contributed by atoms with Crippen LogP contribution in [0.15, 0.2) is 53.5 Å². The van der Waals surface area contributed by atoms with Crippen molar-refractivity contribution in [3.63, 3.8) is 0 Å². The Morgan fingerprint density at radius 3 is 2.68 bits per heavy atom. The number of amides is 1. The second-order valence-corrected chi connectivity index (χ2v) is 6.63. The van der Waals surface area contributed by atoms with Gasteiger partial charge in [0.15, 0.2) is 4.80 Å². The van der Waals surface area contributed by atoms with Crippen LogP contribution >= 0.6 is 22.9 Å². The third-order valence-corrected chi connectivity index (χ3v) is 4.83. The smallest absolute Gasteiger partial charge is 0.272 e. The Kier molecular flexibility index (Phi) is 4.78. The van der Waals surface area contributed by atoms with Crippen LogP contribution in [0.3, 0.4) is 0 Å². The second kappa shape index (κ2) is 7.00. The molecular formula is C17H12ClN3O3S. The predicted molar refractivity (Wildman–Crippen MR) is 98.5 cm³/mol. The van der Waals surface area contributed by atoms with E-state index in [0.717, 1.165) is 10.2 Å². The van der Waals surface area contributed by atoms with Crippen molar-refractivity contribution < 1.29 is 9.72 Å². The van der Waals surface area contributed by atoms with E-state index in [9.17, 15) is 14.9 Å². The number of hydrogen-bond acceptors (Lipinski definition) is 4. The highest BCUT2D eigenvalue weighted by molar-refractivity contribution is 7.16. The summed E-state index contributed by atoms with van der Waals surface area (Å²) >= 11 is 7.36. The lowest BCUT2D eigenvalue weighted by Gasteiger charge is -1.95. The van der Waals surface area contributed by atoms with Gasteiger partial charge in [-0.3, -0.25) is 14.9 Å². The first-order valence-electron chi connectivity index (χ1n) is 7.20. The molecule has 25 heavy (non-hydrogen) atoms. The highest BCUT2D eigenvalue weighted by atomic mass is 35.5. The molecule has 0 saturated carbocycles. The van der Waals surface area contributed by atoms with Crippen molar-refractivity contribution in [2.45, 2.75) is 0 Å². The van der Waals surface area contributed by atoms with Gasteiger partial charge in [-0.25, -0.2) is 0 Å². The molecule has 1 heterocycles. The van der Waals surface area contributed by atoms with Gasteiger partial charge in [0, 0.05) is 30.3 Å². The first-order valence-corrected chi connectivity index (χ1v) is 8.40. The van der Waals surface area contributed by atoms with Crippen molar-refractivity contribution in [1.29, 1.82) is 0 Å². The van der Waals surface area contributed by atoms with E-state index in [4.69, 9.17) is 11.6 Å². The molecule has 0 spiro atoms. The fraction of sp³-hybridized carbons (Fsp3) is 0.0588. The average molecular weight is 374 g/mol. The summed E-state index contributed by atoms with van der Waals surface area (Å²) < 4.78 is 2.77. The molecule has 0 fully saturated rings. The standard InChI is InChI=1S/C17H12ClN3O3S/c1-20-14-8-5-12(18)10-15(14)25-17(20)19-16(22)9-4-11-2-6-13(7-3-11)21(23)24/h2-10H,1H3. The number of carbonyl (C=O) groups is 1. The molecule has 0 N–H and O–H groups in total. The minimum atomic E-state index is -0.471. The molecule has 6 nitrogen and oxygen atoms in total. The molecule has 0 bridgehead atoms. The molecule has 8 heteroatoms. The van der Waals surface area contributed by atoms with Gasteiger partial charge >= 0.3 is 0 Å². The van der Waals surface area contributed by atoms with Crippen molar-refractivity contribution in [2.24, 2.45) is 12.0 Å². The van der Waals surface area contributed by atoms with Crippen molar-refractivity contribution in [3.8, 4) is 0 Å². The Balaban J connectivity index is 1.85. The van der Waals surface area contributed by atoms with E-state index >= 15 is 0 Å². The van der Waals surface area contributed by atoms with Crippen molar-refractivity contribution in [2.75, 3.05) is 0 Å². The van der Waals surface area contributed by atoms with Crippen LogP contribution in [0.25, 0.3) is 16.3 Å². The lowest BCUT2D eigenvalue weighted by molar-refractivity contribution is -0.384. The molecule has 0 radical (unpaired) electrons. The van der Waals surface area contributed by atoms with Gasteiger partial charge in [0.25, 0.3) is 11.6 Å². The Morgan fingerprint density at radius 1 is 1.28 bits per heavy atom. The van der Waals surface area contributed by atoms with Crippen LogP contribution in [0.4, 0.5) is 5.69 Å². The number of hydrogen-bond donors (Lipinski definition) is 0. The molecule has 1 aromatic heterocycles. The number of non-ortho nitro benzene ring substituents is 1.